The predicted molar refractivity (Wildman–Crippen MR) is 80.2 cm³/mol. The van der Waals surface area contributed by atoms with Crippen LogP contribution in [0.4, 0.5) is 0 Å². The van der Waals surface area contributed by atoms with Crippen molar-refractivity contribution in [1.82, 2.24) is 14.8 Å². The van der Waals surface area contributed by atoms with Crippen LogP contribution in [-0.2, 0) is 11.3 Å². The lowest BCUT2D eigenvalue weighted by molar-refractivity contribution is -0.133. The maximum absolute atomic E-state index is 12.1. The van der Waals surface area contributed by atoms with Crippen molar-refractivity contribution in [3.63, 3.8) is 0 Å². The second-order valence-electron chi connectivity index (χ2n) is 5.91. The molecule has 2 rings (SSSR count). The van der Waals surface area contributed by atoms with Gasteiger partial charge in [0.1, 0.15) is 0 Å². The summed E-state index contributed by atoms with van der Waals surface area (Å²) in [6.07, 6.45) is 3.52. The summed E-state index contributed by atoms with van der Waals surface area (Å²) in [6, 6.07) is 6.02. The molecule has 0 N–H and O–H groups in total. The standard InChI is InChI=1S/C16H25N3O/c1-14(2)6-7-16(20)19-11-9-18(10-12-19)13-15-5-3-4-8-17-15/h3-5,8,14H,6-7,9-13H2,1-2H3. The van der Waals surface area contributed by atoms with Crippen molar-refractivity contribution in [3.05, 3.63) is 30.1 Å². The fourth-order valence-electron chi connectivity index (χ4n) is 2.45. The molecule has 1 saturated heterocycles. The number of hydrogen-bond donors (Lipinski definition) is 0. The average Bonchev–Trinajstić information content (AvgIpc) is 2.46. The summed E-state index contributed by atoms with van der Waals surface area (Å²) in [5.41, 5.74) is 1.10. The van der Waals surface area contributed by atoms with Crippen LogP contribution in [0.15, 0.2) is 24.4 Å². The summed E-state index contributed by atoms with van der Waals surface area (Å²) >= 11 is 0. The van der Waals surface area contributed by atoms with E-state index >= 15 is 0 Å². The Kier molecular flexibility index (Phi) is 5.53. The molecule has 1 aromatic heterocycles. The Morgan fingerprint density at radius 1 is 1.25 bits per heavy atom. The zero-order valence-electron chi connectivity index (χ0n) is 12.6. The third-order valence-electron chi connectivity index (χ3n) is 3.77. The van der Waals surface area contributed by atoms with Gasteiger partial charge in [-0.2, -0.15) is 0 Å². The van der Waals surface area contributed by atoms with Gasteiger partial charge in [-0.1, -0.05) is 19.9 Å². The van der Waals surface area contributed by atoms with Gasteiger partial charge in [-0.05, 0) is 24.5 Å². The number of pyridine rings is 1. The second kappa shape index (κ2) is 7.39. The Bertz CT molecular complexity index is 411. The number of aromatic nitrogens is 1. The highest BCUT2D eigenvalue weighted by Gasteiger charge is 2.21. The van der Waals surface area contributed by atoms with E-state index in [0.717, 1.165) is 44.8 Å². The van der Waals surface area contributed by atoms with Gasteiger partial charge in [-0.25, -0.2) is 0 Å². The van der Waals surface area contributed by atoms with Crippen LogP contribution in [0.2, 0.25) is 0 Å². The number of carbonyl (C=O) groups excluding carboxylic acids is 1. The first-order chi connectivity index (χ1) is 9.65. The molecule has 1 aliphatic heterocycles. The van der Waals surface area contributed by atoms with Gasteiger partial charge in [0.05, 0.1) is 5.69 Å². The molecular weight excluding hydrogens is 250 g/mol. The van der Waals surface area contributed by atoms with Crippen LogP contribution >= 0.6 is 0 Å². The molecule has 2 heterocycles. The average molecular weight is 275 g/mol. The predicted octanol–water partition coefficient (Wildman–Crippen LogP) is 2.16. The van der Waals surface area contributed by atoms with E-state index in [1.807, 2.05) is 23.2 Å². The Morgan fingerprint density at radius 3 is 2.60 bits per heavy atom. The molecular formula is C16H25N3O. The third kappa shape index (κ3) is 4.60. The topological polar surface area (TPSA) is 36.4 Å². The van der Waals surface area contributed by atoms with Crippen molar-refractivity contribution in [2.24, 2.45) is 5.92 Å². The molecule has 4 nitrogen and oxygen atoms in total. The lowest BCUT2D eigenvalue weighted by atomic mass is 10.1. The number of rotatable bonds is 5. The highest BCUT2D eigenvalue weighted by molar-refractivity contribution is 5.76. The Balaban J connectivity index is 1.73. The minimum absolute atomic E-state index is 0.316. The van der Waals surface area contributed by atoms with Gasteiger partial charge < -0.3 is 4.90 Å². The van der Waals surface area contributed by atoms with E-state index in [0.29, 0.717) is 18.2 Å². The fraction of sp³-hybridized carbons (Fsp3) is 0.625. The summed E-state index contributed by atoms with van der Waals surface area (Å²) in [4.78, 5) is 20.8. The number of carbonyl (C=O) groups is 1. The van der Waals surface area contributed by atoms with E-state index in [1.54, 1.807) is 0 Å². The summed E-state index contributed by atoms with van der Waals surface area (Å²) in [5.74, 6) is 0.917. The first-order valence-electron chi connectivity index (χ1n) is 7.55. The largest absolute Gasteiger partial charge is 0.340 e. The van der Waals surface area contributed by atoms with Crippen LogP contribution in [0.3, 0.4) is 0 Å². The number of piperazine rings is 1. The smallest absolute Gasteiger partial charge is 0.222 e. The quantitative estimate of drug-likeness (QED) is 0.826. The lowest BCUT2D eigenvalue weighted by Gasteiger charge is -2.34. The van der Waals surface area contributed by atoms with E-state index in [1.165, 1.54) is 0 Å². The first-order valence-corrected chi connectivity index (χ1v) is 7.55. The van der Waals surface area contributed by atoms with Gasteiger partial charge in [0.25, 0.3) is 0 Å². The highest BCUT2D eigenvalue weighted by Crippen LogP contribution is 2.10. The molecule has 0 radical (unpaired) electrons. The van der Waals surface area contributed by atoms with E-state index in [9.17, 15) is 4.79 Å². The van der Waals surface area contributed by atoms with Crippen molar-refractivity contribution in [2.75, 3.05) is 26.2 Å². The molecule has 0 aliphatic carbocycles. The zero-order chi connectivity index (χ0) is 14.4. The van der Waals surface area contributed by atoms with Crippen LogP contribution in [0, 0.1) is 5.92 Å². The lowest BCUT2D eigenvalue weighted by Crippen LogP contribution is -2.48. The molecule has 0 saturated carbocycles. The number of hydrogen-bond acceptors (Lipinski definition) is 3. The minimum atomic E-state index is 0.316. The van der Waals surface area contributed by atoms with Gasteiger partial charge in [-0.15, -0.1) is 0 Å². The Hall–Kier alpha value is -1.42. The SMILES string of the molecule is CC(C)CCC(=O)N1CCN(Cc2ccccn2)CC1. The van der Waals surface area contributed by atoms with E-state index in [4.69, 9.17) is 0 Å². The molecule has 1 aliphatic rings. The normalized spacial score (nSPS) is 16.6. The van der Waals surface area contributed by atoms with Gasteiger partial charge in [-0.3, -0.25) is 14.7 Å². The number of nitrogens with zero attached hydrogens (tertiary/aromatic N) is 3. The molecule has 0 atom stereocenters. The summed E-state index contributed by atoms with van der Waals surface area (Å²) < 4.78 is 0. The fourth-order valence-corrected chi connectivity index (χ4v) is 2.45. The molecule has 110 valence electrons. The summed E-state index contributed by atoms with van der Waals surface area (Å²) in [5, 5.41) is 0. The molecule has 4 heteroatoms. The molecule has 0 spiro atoms. The van der Waals surface area contributed by atoms with Gasteiger partial charge in [0, 0.05) is 45.3 Å². The molecule has 20 heavy (non-hydrogen) atoms. The Morgan fingerprint density at radius 2 is 2.00 bits per heavy atom. The molecule has 0 bridgehead atoms. The highest BCUT2D eigenvalue weighted by atomic mass is 16.2. The third-order valence-corrected chi connectivity index (χ3v) is 3.77. The summed E-state index contributed by atoms with van der Waals surface area (Å²) in [6.45, 7) is 8.81. The van der Waals surface area contributed by atoms with Crippen LogP contribution in [-0.4, -0.2) is 46.9 Å². The van der Waals surface area contributed by atoms with Crippen molar-refractivity contribution in [1.29, 1.82) is 0 Å². The summed E-state index contributed by atoms with van der Waals surface area (Å²) in [7, 11) is 0. The van der Waals surface area contributed by atoms with Gasteiger partial charge in [0.15, 0.2) is 0 Å². The Labute approximate surface area is 121 Å². The molecule has 1 amide bonds. The van der Waals surface area contributed by atoms with Crippen molar-refractivity contribution < 1.29 is 4.79 Å². The monoisotopic (exact) mass is 275 g/mol. The zero-order valence-corrected chi connectivity index (χ0v) is 12.6. The van der Waals surface area contributed by atoms with Crippen molar-refractivity contribution in [3.8, 4) is 0 Å². The van der Waals surface area contributed by atoms with Crippen LogP contribution in [0.25, 0.3) is 0 Å². The molecule has 1 aromatic rings. The molecule has 0 aromatic carbocycles. The van der Waals surface area contributed by atoms with Crippen molar-refractivity contribution in [2.45, 2.75) is 33.2 Å². The minimum Gasteiger partial charge on any atom is -0.340 e. The number of amides is 1. The molecule has 0 unspecified atom stereocenters. The van der Waals surface area contributed by atoms with Gasteiger partial charge >= 0.3 is 0 Å². The van der Waals surface area contributed by atoms with Crippen LogP contribution in [0.1, 0.15) is 32.4 Å². The van der Waals surface area contributed by atoms with Crippen LogP contribution < -0.4 is 0 Å². The van der Waals surface area contributed by atoms with E-state index in [-0.39, 0.29) is 0 Å². The van der Waals surface area contributed by atoms with E-state index in [2.05, 4.69) is 29.8 Å². The maximum atomic E-state index is 12.1. The van der Waals surface area contributed by atoms with Gasteiger partial charge in [0.2, 0.25) is 5.91 Å². The van der Waals surface area contributed by atoms with Crippen LogP contribution in [0.5, 0.6) is 0 Å². The maximum Gasteiger partial charge on any atom is 0.222 e. The second-order valence-corrected chi connectivity index (χ2v) is 5.91. The van der Waals surface area contributed by atoms with Crippen molar-refractivity contribution >= 4 is 5.91 Å². The first kappa shape index (κ1) is 15.0. The molecule has 1 fully saturated rings. The van der Waals surface area contributed by atoms with E-state index < -0.39 is 0 Å².